The molecule has 0 bridgehead atoms. The highest BCUT2D eigenvalue weighted by molar-refractivity contribution is 5.82. The second kappa shape index (κ2) is 6.21. The summed E-state index contributed by atoms with van der Waals surface area (Å²) in [5.74, 6) is 0.239. The van der Waals surface area contributed by atoms with E-state index in [1.165, 1.54) is 0 Å². The number of hydrogen-bond acceptors (Lipinski definition) is 3. The predicted octanol–water partition coefficient (Wildman–Crippen LogP) is 0.666. The van der Waals surface area contributed by atoms with Crippen molar-refractivity contribution in [2.24, 2.45) is 5.73 Å². The molecule has 1 aliphatic heterocycles. The van der Waals surface area contributed by atoms with Gasteiger partial charge in [-0.2, -0.15) is 0 Å². The zero-order valence-electron chi connectivity index (χ0n) is 10.8. The van der Waals surface area contributed by atoms with Crippen molar-refractivity contribution in [2.45, 2.75) is 45.2 Å². The maximum Gasteiger partial charge on any atom is 0.239 e. The van der Waals surface area contributed by atoms with Gasteiger partial charge in [-0.05, 0) is 39.3 Å². The van der Waals surface area contributed by atoms with Crippen molar-refractivity contribution in [3.05, 3.63) is 0 Å². The standard InChI is InChI=1S/C12H25N3O/c1-4-8-15-10(2)6-9-14(3)12(16)11(15)5-7-13/h10-11H,4-9,13H2,1-3H3. The lowest BCUT2D eigenvalue weighted by atomic mass is 10.1. The molecule has 0 aromatic carbocycles. The Hall–Kier alpha value is -0.610. The number of carbonyl (C=O) groups excluding carboxylic acids is 1. The first-order valence-corrected chi connectivity index (χ1v) is 6.32. The van der Waals surface area contributed by atoms with Crippen LogP contribution in [0.1, 0.15) is 33.1 Å². The molecule has 1 heterocycles. The minimum Gasteiger partial charge on any atom is -0.344 e. The fraction of sp³-hybridized carbons (Fsp3) is 0.917. The van der Waals surface area contributed by atoms with Gasteiger partial charge in [-0.3, -0.25) is 9.69 Å². The molecule has 2 unspecified atom stereocenters. The number of carbonyl (C=O) groups is 1. The van der Waals surface area contributed by atoms with Crippen LogP contribution < -0.4 is 5.73 Å². The molecule has 0 spiro atoms. The Morgan fingerprint density at radius 3 is 2.75 bits per heavy atom. The smallest absolute Gasteiger partial charge is 0.239 e. The predicted molar refractivity (Wildman–Crippen MR) is 66.2 cm³/mol. The summed E-state index contributed by atoms with van der Waals surface area (Å²) in [6.45, 7) is 6.81. The van der Waals surface area contributed by atoms with Crippen LogP contribution in [0, 0.1) is 0 Å². The van der Waals surface area contributed by atoms with Crippen LogP contribution in [0.5, 0.6) is 0 Å². The maximum absolute atomic E-state index is 12.2. The van der Waals surface area contributed by atoms with Crippen LogP contribution in [0.2, 0.25) is 0 Å². The van der Waals surface area contributed by atoms with E-state index in [0.29, 0.717) is 12.6 Å². The quantitative estimate of drug-likeness (QED) is 0.768. The van der Waals surface area contributed by atoms with Crippen molar-refractivity contribution < 1.29 is 4.79 Å². The van der Waals surface area contributed by atoms with E-state index in [2.05, 4.69) is 18.7 Å². The Balaban J connectivity index is 2.83. The van der Waals surface area contributed by atoms with E-state index >= 15 is 0 Å². The largest absolute Gasteiger partial charge is 0.344 e. The Kier molecular flexibility index (Phi) is 5.22. The molecule has 0 radical (unpaired) electrons. The van der Waals surface area contributed by atoms with E-state index in [9.17, 15) is 4.79 Å². The Morgan fingerprint density at radius 1 is 1.50 bits per heavy atom. The molecule has 4 heteroatoms. The topological polar surface area (TPSA) is 49.6 Å². The van der Waals surface area contributed by atoms with E-state index < -0.39 is 0 Å². The molecule has 0 aliphatic carbocycles. The Morgan fingerprint density at radius 2 is 2.19 bits per heavy atom. The Labute approximate surface area is 98.8 Å². The molecule has 94 valence electrons. The van der Waals surface area contributed by atoms with E-state index in [4.69, 9.17) is 5.73 Å². The summed E-state index contributed by atoms with van der Waals surface area (Å²) in [4.78, 5) is 16.4. The van der Waals surface area contributed by atoms with Gasteiger partial charge in [0.1, 0.15) is 0 Å². The molecule has 1 fully saturated rings. The van der Waals surface area contributed by atoms with Gasteiger partial charge < -0.3 is 10.6 Å². The first-order chi connectivity index (χ1) is 7.61. The Bertz CT molecular complexity index is 232. The third-order valence-electron chi connectivity index (χ3n) is 3.43. The third kappa shape index (κ3) is 2.95. The van der Waals surface area contributed by atoms with Crippen LogP contribution in [-0.4, -0.2) is 54.5 Å². The number of nitrogens with zero attached hydrogens (tertiary/aromatic N) is 2. The van der Waals surface area contributed by atoms with Gasteiger partial charge >= 0.3 is 0 Å². The minimum absolute atomic E-state index is 0.00699. The van der Waals surface area contributed by atoms with E-state index in [-0.39, 0.29) is 11.9 Å². The van der Waals surface area contributed by atoms with E-state index in [1.54, 1.807) is 0 Å². The van der Waals surface area contributed by atoms with Crippen molar-refractivity contribution in [3.8, 4) is 0 Å². The first kappa shape index (κ1) is 13.5. The van der Waals surface area contributed by atoms with Gasteiger partial charge in [0, 0.05) is 19.6 Å². The van der Waals surface area contributed by atoms with Gasteiger partial charge in [-0.15, -0.1) is 0 Å². The zero-order valence-corrected chi connectivity index (χ0v) is 10.8. The maximum atomic E-state index is 12.2. The van der Waals surface area contributed by atoms with Crippen LogP contribution in [0.3, 0.4) is 0 Å². The highest BCUT2D eigenvalue weighted by atomic mass is 16.2. The molecule has 16 heavy (non-hydrogen) atoms. The van der Waals surface area contributed by atoms with Crippen LogP contribution in [0.4, 0.5) is 0 Å². The molecule has 0 aromatic rings. The van der Waals surface area contributed by atoms with Crippen LogP contribution in [0.25, 0.3) is 0 Å². The minimum atomic E-state index is -0.00699. The van der Waals surface area contributed by atoms with Crippen molar-refractivity contribution in [1.82, 2.24) is 9.80 Å². The van der Waals surface area contributed by atoms with E-state index in [0.717, 1.165) is 32.4 Å². The molecular weight excluding hydrogens is 202 g/mol. The SMILES string of the molecule is CCCN1C(C)CCN(C)C(=O)C1CCN. The highest BCUT2D eigenvalue weighted by Crippen LogP contribution is 2.18. The van der Waals surface area contributed by atoms with Gasteiger partial charge in [0.2, 0.25) is 5.91 Å². The van der Waals surface area contributed by atoms with Crippen LogP contribution >= 0.6 is 0 Å². The lowest BCUT2D eigenvalue weighted by molar-refractivity contribution is -0.134. The number of rotatable bonds is 4. The average Bonchev–Trinajstić information content (AvgIpc) is 2.36. The summed E-state index contributed by atoms with van der Waals surface area (Å²) >= 11 is 0. The molecule has 0 aromatic heterocycles. The number of likely N-dealkylation sites (N-methyl/N-ethyl adjacent to an activating group) is 1. The lowest BCUT2D eigenvalue weighted by Gasteiger charge is -2.33. The number of hydrogen-bond donors (Lipinski definition) is 1. The molecule has 1 rings (SSSR count). The molecule has 1 saturated heterocycles. The van der Waals surface area contributed by atoms with Gasteiger partial charge in [0.15, 0.2) is 0 Å². The molecule has 2 N–H and O–H groups in total. The second-order valence-electron chi connectivity index (χ2n) is 4.73. The van der Waals surface area contributed by atoms with Gasteiger partial charge in [0.05, 0.1) is 6.04 Å². The van der Waals surface area contributed by atoms with E-state index in [1.807, 2.05) is 11.9 Å². The summed E-state index contributed by atoms with van der Waals surface area (Å²) in [5, 5.41) is 0. The molecule has 0 saturated carbocycles. The van der Waals surface area contributed by atoms with Crippen molar-refractivity contribution in [2.75, 3.05) is 26.7 Å². The zero-order chi connectivity index (χ0) is 12.1. The van der Waals surface area contributed by atoms with Gasteiger partial charge in [-0.1, -0.05) is 6.92 Å². The lowest BCUT2D eigenvalue weighted by Crippen LogP contribution is -2.48. The van der Waals surface area contributed by atoms with Gasteiger partial charge in [-0.25, -0.2) is 0 Å². The molecule has 2 atom stereocenters. The van der Waals surface area contributed by atoms with Crippen LogP contribution in [0.15, 0.2) is 0 Å². The summed E-state index contributed by atoms with van der Waals surface area (Å²) in [7, 11) is 1.90. The summed E-state index contributed by atoms with van der Waals surface area (Å²) in [6, 6.07) is 0.470. The van der Waals surface area contributed by atoms with Gasteiger partial charge in [0.25, 0.3) is 0 Å². The normalized spacial score (nSPS) is 28.2. The first-order valence-electron chi connectivity index (χ1n) is 6.32. The summed E-state index contributed by atoms with van der Waals surface area (Å²) in [6.07, 6.45) is 2.92. The average molecular weight is 227 g/mol. The fourth-order valence-electron chi connectivity index (χ4n) is 2.44. The van der Waals surface area contributed by atoms with Crippen LogP contribution in [-0.2, 0) is 4.79 Å². The summed E-state index contributed by atoms with van der Waals surface area (Å²) < 4.78 is 0. The number of nitrogens with two attached hydrogens (primary N) is 1. The van der Waals surface area contributed by atoms with Crippen molar-refractivity contribution in [3.63, 3.8) is 0 Å². The second-order valence-corrected chi connectivity index (χ2v) is 4.73. The van der Waals surface area contributed by atoms with Crippen molar-refractivity contribution >= 4 is 5.91 Å². The summed E-state index contributed by atoms with van der Waals surface area (Å²) in [5.41, 5.74) is 5.62. The molecular formula is C12H25N3O. The van der Waals surface area contributed by atoms with Crippen molar-refractivity contribution in [1.29, 1.82) is 0 Å². The fourth-order valence-corrected chi connectivity index (χ4v) is 2.44. The highest BCUT2D eigenvalue weighted by Gasteiger charge is 2.33. The molecule has 4 nitrogen and oxygen atoms in total. The number of amides is 1. The molecule has 1 amide bonds. The molecule has 1 aliphatic rings. The monoisotopic (exact) mass is 227 g/mol. The third-order valence-corrected chi connectivity index (χ3v) is 3.43.